The molecule has 0 saturated carbocycles. The van der Waals surface area contributed by atoms with Crippen LogP contribution >= 0.6 is 0 Å². The van der Waals surface area contributed by atoms with Crippen molar-refractivity contribution in [3.8, 4) is 0 Å². The Balaban J connectivity index is 1.76. The number of ether oxygens (including phenoxy) is 1. The van der Waals surface area contributed by atoms with E-state index >= 15 is 0 Å². The van der Waals surface area contributed by atoms with Gasteiger partial charge in [0.25, 0.3) is 11.8 Å². The van der Waals surface area contributed by atoms with Gasteiger partial charge in [-0.2, -0.15) is 0 Å². The minimum absolute atomic E-state index is 0.0438. The Morgan fingerprint density at radius 1 is 1.09 bits per heavy atom. The van der Waals surface area contributed by atoms with Crippen molar-refractivity contribution < 1.29 is 28.3 Å². The molecule has 4 amide bonds. The van der Waals surface area contributed by atoms with Gasteiger partial charge in [0.05, 0.1) is 12.3 Å². The summed E-state index contributed by atoms with van der Waals surface area (Å²) in [5.41, 5.74) is 1.07. The Kier molecular flexibility index (Phi) is 5.55. The number of carbonyl (C=O) groups is 4. The highest BCUT2D eigenvalue weighted by Gasteiger charge is 2.37. The molecule has 1 aliphatic heterocycles. The number of benzene rings is 2. The van der Waals surface area contributed by atoms with E-state index in [9.17, 15) is 23.6 Å². The van der Waals surface area contributed by atoms with Crippen LogP contribution in [0.3, 0.4) is 0 Å². The Morgan fingerprint density at radius 2 is 1.81 bits per heavy atom. The van der Waals surface area contributed by atoms with Crippen LogP contribution in [0.5, 0.6) is 0 Å². The third-order valence-corrected chi connectivity index (χ3v) is 4.91. The fraction of sp³-hybridized carbons (Fsp3) is 0.130. The lowest BCUT2D eigenvalue weighted by atomic mass is 10.1. The molecule has 1 aromatic heterocycles. The largest absolute Gasteiger partial charge is 0.465 e. The van der Waals surface area contributed by atoms with Crippen LogP contribution in [0.1, 0.15) is 12.5 Å². The van der Waals surface area contributed by atoms with E-state index in [1.165, 1.54) is 18.2 Å². The van der Waals surface area contributed by atoms with Crippen molar-refractivity contribution in [2.45, 2.75) is 13.5 Å². The van der Waals surface area contributed by atoms with Gasteiger partial charge in [0, 0.05) is 22.7 Å². The van der Waals surface area contributed by atoms with Crippen molar-refractivity contribution in [1.29, 1.82) is 0 Å². The summed E-state index contributed by atoms with van der Waals surface area (Å²) in [4.78, 5) is 50.5. The van der Waals surface area contributed by atoms with E-state index in [0.29, 0.717) is 16.5 Å². The molecule has 162 valence electrons. The molecule has 32 heavy (non-hydrogen) atoms. The normalized spacial score (nSPS) is 15.4. The lowest BCUT2D eigenvalue weighted by molar-refractivity contribution is -0.143. The number of para-hydroxylation sites is 1. The van der Waals surface area contributed by atoms with Gasteiger partial charge in [-0.05, 0) is 43.3 Å². The number of esters is 1. The van der Waals surface area contributed by atoms with Crippen LogP contribution in [0.2, 0.25) is 0 Å². The number of barbiturate groups is 1. The summed E-state index contributed by atoms with van der Waals surface area (Å²) in [7, 11) is 0. The number of hydrogen-bond donors (Lipinski definition) is 1. The Hall–Kier alpha value is -4.27. The number of urea groups is 1. The molecule has 1 aliphatic rings. The van der Waals surface area contributed by atoms with Crippen LogP contribution < -0.4 is 10.2 Å². The molecule has 9 heteroatoms. The summed E-state index contributed by atoms with van der Waals surface area (Å²) in [6.45, 7) is 1.91. The van der Waals surface area contributed by atoms with Gasteiger partial charge in [0.1, 0.15) is 17.9 Å². The van der Waals surface area contributed by atoms with Gasteiger partial charge in [-0.3, -0.25) is 19.7 Å². The fourth-order valence-corrected chi connectivity index (χ4v) is 3.50. The number of amides is 4. The molecule has 0 bridgehead atoms. The summed E-state index contributed by atoms with van der Waals surface area (Å²) in [6.07, 6.45) is 3.00. The summed E-state index contributed by atoms with van der Waals surface area (Å²) < 4.78 is 19.9. The molecule has 0 aliphatic carbocycles. The maximum atomic E-state index is 13.3. The molecule has 2 heterocycles. The van der Waals surface area contributed by atoms with Gasteiger partial charge < -0.3 is 9.30 Å². The first-order valence-electron chi connectivity index (χ1n) is 9.79. The standard InChI is InChI=1S/C23H18FN3O5/c1-2-32-20(28)13-26-12-14(17-5-3-4-6-19(17)26)11-18-21(29)25-23(31)27(22(18)30)16-9-7-15(24)8-10-16/h3-12H,2,13H2,1H3,(H,25,29,31)/b18-11+. The second-order valence-electron chi connectivity index (χ2n) is 6.97. The topological polar surface area (TPSA) is 97.7 Å². The maximum Gasteiger partial charge on any atom is 0.335 e. The van der Waals surface area contributed by atoms with Crippen LogP contribution in [0.25, 0.3) is 17.0 Å². The predicted molar refractivity (Wildman–Crippen MR) is 114 cm³/mol. The first kappa shape index (κ1) is 21.0. The summed E-state index contributed by atoms with van der Waals surface area (Å²) >= 11 is 0. The average molecular weight is 435 g/mol. The highest BCUT2D eigenvalue weighted by Crippen LogP contribution is 2.26. The maximum absolute atomic E-state index is 13.3. The minimum atomic E-state index is -0.923. The van der Waals surface area contributed by atoms with Crippen molar-refractivity contribution in [2.75, 3.05) is 11.5 Å². The molecule has 0 atom stereocenters. The van der Waals surface area contributed by atoms with Crippen LogP contribution in [-0.4, -0.2) is 35.0 Å². The Morgan fingerprint density at radius 3 is 2.53 bits per heavy atom. The number of fused-ring (bicyclic) bond motifs is 1. The highest BCUT2D eigenvalue weighted by atomic mass is 19.1. The van der Waals surface area contributed by atoms with Crippen molar-refractivity contribution in [2.24, 2.45) is 0 Å². The molecular weight excluding hydrogens is 417 g/mol. The van der Waals surface area contributed by atoms with Gasteiger partial charge in [0.2, 0.25) is 0 Å². The molecule has 1 saturated heterocycles. The molecule has 1 N–H and O–H groups in total. The van der Waals surface area contributed by atoms with Crippen molar-refractivity contribution in [1.82, 2.24) is 9.88 Å². The fourth-order valence-electron chi connectivity index (χ4n) is 3.50. The monoisotopic (exact) mass is 435 g/mol. The number of hydrogen-bond acceptors (Lipinski definition) is 5. The first-order chi connectivity index (χ1) is 15.4. The lowest BCUT2D eigenvalue weighted by Crippen LogP contribution is -2.54. The molecule has 4 rings (SSSR count). The van der Waals surface area contributed by atoms with E-state index in [1.807, 2.05) is 0 Å². The molecule has 8 nitrogen and oxygen atoms in total. The molecule has 2 aromatic carbocycles. The summed E-state index contributed by atoms with van der Waals surface area (Å²) in [5.74, 6) is -2.64. The van der Waals surface area contributed by atoms with Gasteiger partial charge in [-0.25, -0.2) is 14.1 Å². The number of anilines is 1. The molecular formula is C23H18FN3O5. The smallest absolute Gasteiger partial charge is 0.335 e. The number of nitrogens with zero attached hydrogens (tertiary/aromatic N) is 2. The average Bonchev–Trinajstić information content (AvgIpc) is 3.10. The van der Waals surface area contributed by atoms with E-state index < -0.39 is 29.6 Å². The first-order valence-corrected chi connectivity index (χ1v) is 9.79. The summed E-state index contributed by atoms with van der Waals surface area (Å²) in [6, 6.07) is 11.0. The Bertz CT molecular complexity index is 1280. The predicted octanol–water partition coefficient (Wildman–Crippen LogP) is 3.01. The highest BCUT2D eigenvalue weighted by molar-refractivity contribution is 6.39. The van der Waals surface area contributed by atoms with Gasteiger partial charge in [-0.15, -0.1) is 0 Å². The van der Waals surface area contributed by atoms with E-state index in [0.717, 1.165) is 17.0 Å². The van der Waals surface area contributed by atoms with Crippen LogP contribution in [-0.2, 0) is 25.7 Å². The van der Waals surface area contributed by atoms with E-state index in [-0.39, 0.29) is 24.4 Å². The third kappa shape index (κ3) is 3.87. The second-order valence-corrected chi connectivity index (χ2v) is 6.97. The van der Waals surface area contributed by atoms with Crippen LogP contribution in [0.15, 0.2) is 60.3 Å². The molecule has 3 aromatic rings. The zero-order valence-electron chi connectivity index (χ0n) is 17.0. The number of imide groups is 2. The van der Waals surface area contributed by atoms with E-state index in [1.54, 1.807) is 42.0 Å². The number of nitrogens with one attached hydrogen (secondary N) is 1. The lowest BCUT2D eigenvalue weighted by Gasteiger charge is -2.26. The molecule has 0 radical (unpaired) electrons. The van der Waals surface area contributed by atoms with Crippen molar-refractivity contribution in [3.05, 3.63) is 71.7 Å². The summed E-state index contributed by atoms with van der Waals surface area (Å²) in [5, 5.41) is 2.84. The molecule has 0 unspecified atom stereocenters. The van der Waals surface area contributed by atoms with Gasteiger partial charge in [-0.1, -0.05) is 18.2 Å². The van der Waals surface area contributed by atoms with E-state index in [4.69, 9.17) is 4.74 Å². The minimum Gasteiger partial charge on any atom is -0.465 e. The zero-order valence-corrected chi connectivity index (χ0v) is 17.0. The van der Waals surface area contributed by atoms with Gasteiger partial charge >= 0.3 is 12.0 Å². The zero-order chi connectivity index (χ0) is 22.8. The SMILES string of the molecule is CCOC(=O)Cn1cc(/C=C2\C(=O)NC(=O)N(c3ccc(F)cc3)C2=O)c2ccccc21. The molecule has 0 spiro atoms. The number of halogens is 1. The Labute approximate surface area is 181 Å². The molecule has 1 fully saturated rings. The van der Waals surface area contributed by atoms with Crippen LogP contribution in [0.4, 0.5) is 14.9 Å². The van der Waals surface area contributed by atoms with Gasteiger partial charge in [0.15, 0.2) is 0 Å². The third-order valence-electron chi connectivity index (χ3n) is 4.91. The number of rotatable bonds is 5. The quantitative estimate of drug-likeness (QED) is 0.378. The second kappa shape index (κ2) is 8.46. The number of carbonyl (C=O) groups excluding carboxylic acids is 4. The van der Waals surface area contributed by atoms with Crippen molar-refractivity contribution in [3.63, 3.8) is 0 Å². The number of aromatic nitrogens is 1. The van der Waals surface area contributed by atoms with Crippen molar-refractivity contribution >= 4 is 46.5 Å². The van der Waals surface area contributed by atoms with E-state index in [2.05, 4.69) is 5.32 Å². The van der Waals surface area contributed by atoms with Crippen LogP contribution in [0, 0.1) is 5.82 Å².